The first kappa shape index (κ1) is 51.6. The van der Waals surface area contributed by atoms with Gasteiger partial charge in [0, 0.05) is 6.42 Å². The molecule has 1 rings (SSSR count). The molecule has 55 heavy (non-hydrogen) atoms. The maximum absolute atomic E-state index is 12.9. The standard InChI is InChI=1S/C51H95NO3/c1-3-5-7-9-11-13-15-17-18-19-20-21-22-23-24-25-26-28-30-32-34-36-41-45-51(54)52-49(46-53)50(55-47-48-42-38-37-39-43-48)44-40-35-33-31-29-27-16-14-12-10-8-6-4-2/h37-39,42-43,49-50,53H,3-36,40-41,44-47H2,1-2H3,(H,52,54)/t49-,50+/m0/s1. The Labute approximate surface area is 343 Å². The number of carbonyl (C=O) groups is 1. The Morgan fingerprint density at radius 1 is 0.491 bits per heavy atom. The Morgan fingerprint density at radius 2 is 0.818 bits per heavy atom. The molecule has 0 aliphatic rings. The van der Waals surface area contributed by atoms with Crippen molar-refractivity contribution >= 4 is 5.91 Å². The molecular weight excluding hydrogens is 675 g/mol. The number of hydrogen-bond donors (Lipinski definition) is 2. The number of amides is 1. The highest BCUT2D eigenvalue weighted by atomic mass is 16.5. The topological polar surface area (TPSA) is 58.6 Å². The molecule has 0 heterocycles. The van der Waals surface area contributed by atoms with E-state index in [0.717, 1.165) is 31.2 Å². The zero-order valence-electron chi connectivity index (χ0n) is 37.1. The molecule has 4 nitrogen and oxygen atoms in total. The van der Waals surface area contributed by atoms with Gasteiger partial charge >= 0.3 is 0 Å². The summed E-state index contributed by atoms with van der Waals surface area (Å²) in [5, 5.41) is 13.5. The lowest BCUT2D eigenvalue weighted by Crippen LogP contribution is -2.47. The second-order valence-electron chi connectivity index (χ2n) is 17.3. The summed E-state index contributed by atoms with van der Waals surface area (Å²) in [6.45, 7) is 5.01. The molecule has 4 heteroatoms. The maximum Gasteiger partial charge on any atom is 0.220 e. The summed E-state index contributed by atoms with van der Waals surface area (Å²) in [7, 11) is 0. The van der Waals surface area contributed by atoms with Crippen molar-refractivity contribution in [2.45, 2.75) is 277 Å². The first-order valence-electron chi connectivity index (χ1n) is 24.8. The number of rotatable bonds is 44. The van der Waals surface area contributed by atoms with Crippen LogP contribution in [0.15, 0.2) is 30.3 Å². The number of aliphatic hydroxyl groups is 1. The van der Waals surface area contributed by atoms with E-state index in [1.165, 1.54) is 212 Å². The van der Waals surface area contributed by atoms with E-state index in [9.17, 15) is 9.90 Å². The van der Waals surface area contributed by atoms with Crippen LogP contribution in [0.25, 0.3) is 0 Å². The van der Waals surface area contributed by atoms with Gasteiger partial charge in [0.05, 0.1) is 25.4 Å². The molecule has 2 atom stereocenters. The molecule has 0 aromatic heterocycles. The minimum Gasteiger partial charge on any atom is -0.394 e. The summed E-state index contributed by atoms with van der Waals surface area (Å²) < 4.78 is 6.37. The van der Waals surface area contributed by atoms with Crippen molar-refractivity contribution in [1.29, 1.82) is 0 Å². The van der Waals surface area contributed by atoms with E-state index in [0.29, 0.717) is 13.0 Å². The van der Waals surface area contributed by atoms with E-state index >= 15 is 0 Å². The van der Waals surface area contributed by atoms with Crippen molar-refractivity contribution in [3.05, 3.63) is 35.9 Å². The molecule has 0 aliphatic carbocycles. The van der Waals surface area contributed by atoms with Crippen LogP contribution in [0, 0.1) is 0 Å². The average Bonchev–Trinajstić information content (AvgIpc) is 3.20. The molecule has 1 aromatic rings. The van der Waals surface area contributed by atoms with Crippen LogP contribution >= 0.6 is 0 Å². The molecule has 0 spiro atoms. The van der Waals surface area contributed by atoms with E-state index in [1.807, 2.05) is 18.2 Å². The minimum atomic E-state index is -0.349. The predicted molar refractivity (Wildman–Crippen MR) is 241 cm³/mol. The third kappa shape index (κ3) is 35.5. The van der Waals surface area contributed by atoms with Crippen LogP contribution in [-0.4, -0.2) is 29.8 Å². The highest BCUT2D eigenvalue weighted by Crippen LogP contribution is 2.19. The van der Waals surface area contributed by atoms with Crippen LogP contribution in [0.3, 0.4) is 0 Å². The monoisotopic (exact) mass is 770 g/mol. The zero-order chi connectivity index (χ0) is 39.5. The summed E-state index contributed by atoms with van der Waals surface area (Å²) in [5.74, 6) is 0.0567. The Hall–Kier alpha value is -1.39. The average molecular weight is 770 g/mol. The lowest BCUT2D eigenvalue weighted by atomic mass is 10.0. The Morgan fingerprint density at radius 3 is 1.16 bits per heavy atom. The molecule has 0 fully saturated rings. The Bertz CT molecular complexity index is 891. The third-order valence-corrected chi connectivity index (χ3v) is 11.9. The molecule has 0 radical (unpaired) electrons. The fraction of sp³-hybridized carbons (Fsp3) is 0.863. The molecule has 1 amide bonds. The van der Waals surface area contributed by atoms with Gasteiger partial charge in [0.2, 0.25) is 5.91 Å². The highest BCUT2D eigenvalue weighted by molar-refractivity contribution is 5.76. The molecular formula is C51H95NO3. The summed E-state index contributed by atoms with van der Waals surface area (Å²) in [6.07, 6.45) is 50.2. The normalized spacial score (nSPS) is 12.6. The highest BCUT2D eigenvalue weighted by Gasteiger charge is 2.23. The quantitative estimate of drug-likeness (QED) is 0.0650. The van der Waals surface area contributed by atoms with Gasteiger partial charge in [-0.1, -0.05) is 269 Å². The summed E-state index contributed by atoms with van der Waals surface area (Å²) in [6, 6.07) is 9.90. The van der Waals surface area contributed by atoms with Crippen LogP contribution < -0.4 is 5.32 Å². The molecule has 0 aliphatic heterocycles. The van der Waals surface area contributed by atoms with Gasteiger partial charge in [-0.3, -0.25) is 4.79 Å². The van der Waals surface area contributed by atoms with Crippen molar-refractivity contribution in [3.63, 3.8) is 0 Å². The van der Waals surface area contributed by atoms with Gasteiger partial charge in [-0.15, -0.1) is 0 Å². The van der Waals surface area contributed by atoms with Gasteiger partial charge in [0.1, 0.15) is 0 Å². The molecule has 0 saturated carbocycles. The van der Waals surface area contributed by atoms with Crippen molar-refractivity contribution in [2.24, 2.45) is 0 Å². The van der Waals surface area contributed by atoms with E-state index in [1.54, 1.807) is 0 Å². The fourth-order valence-electron chi connectivity index (χ4n) is 8.15. The summed E-state index contributed by atoms with van der Waals surface area (Å²) >= 11 is 0. The van der Waals surface area contributed by atoms with Gasteiger partial charge in [-0.05, 0) is 18.4 Å². The minimum absolute atomic E-state index is 0.0567. The smallest absolute Gasteiger partial charge is 0.220 e. The molecule has 1 aromatic carbocycles. The van der Waals surface area contributed by atoms with Crippen LogP contribution in [0.1, 0.15) is 263 Å². The van der Waals surface area contributed by atoms with E-state index in [2.05, 4.69) is 31.3 Å². The van der Waals surface area contributed by atoms with Crippen LogP contribution in [0.2, 0.25) is 0 Å². The third-order valence-electron chi connectivity index (χ3n) is 11.9. The number of carbonyl (C=O) groups excluding carboxylic acids is 1. The van der Waals surface area contributed by atoms with Gasteiger partial charge < -0.3 is 15.2 Å². The number of nitrogens with one attached hydrogen (secondary N) is 1. The molecule has 0 bridgehead atoms. The number of benzene rings is 1. The number of ether oxygens (including phenoxy) is 1. The Balaban J connectivity index is 2.08. The number of aliphatic hydroxyl groups excluding tert-OH is 1. The molecule has 0 unspecified atom stereocenters. The molecule has 2 N–H and O–H groups in total. The van der Waals surface area contributed by atoms with Crippen molar-refractivity contribution in [1.82, 2.24) is 5.32 Å². The van der Waals surface area contributed by atoms with E-state index in [4.69, 9.17) is 4.74 Å². The number of unbranched alkanes of at least 4 members (excludes halogenated alkanes) is 34. The first-order chi connectivity index (χ1) is 27.2. The van der Waals surface area contributed by atoms with Crippen molar-refractivity contribution < 1.29 is 14.6 Å². The van der Waals surface area contributed by atoms with Crippen molar-refractivity contribution in [3.8, 4) is 0 Å². The van der Waals surface area contributed by atoms with Crippen LogP contribution in [0.5, 0.6) is 0 Å². The van der Waals surface area contributed by atoms with Gasteiger partial charge in [-0.2, -0.15) is 0 Å². The van der Waals surface area contributed by atoms with Gasteiger partial charge in [-0.25, -0.2) is 0 Å². The number of hydrogen-bond acceptors (Lipinski definition) is 3. The van der Waals surface area contributed by atoms with Crippen LogP contribution in [-0.2, 0) is 16.1 Å². The Kier molecular flexibility index (Phi) is 39.6. The van der Waals surface area contributed by atoms with E-state index in [-0.39, 0.29) is 24.7 Å². The van der Waals surface area contributed by atoms with Gasteiger partial charge in [0.25, 0.3) is 0 Å². The summed E-state index contributed by atoms with van der Waals surface area (Å²) in [4.78, 5) is 12.9. The second kappa shape index (κ2) is 42.2. The largest absolute Gasteiger partial charge is 0.394 e. The predicted octanol–water partition coefficient (Wildman–Crippen LogP) is 15.9. The lowest BCUT2D eigenvalue weighted by Gasteiger charge is -2.27. The fourth-order valence-corrected chi connectivity index (χ4v) is 8.15. The first-order valence-corrected chi connectivity index (χ1v) is 24.8. The summed E-state index contributed by atoms with van der Waals surface area (Å²) in [5.41, 5.74) is 1.13. The molecule has 322 valence electrons. The van der Waals surface area contributed by atoms with Gasteiger partial charge in [0.15, 0.2) is 0 Å². The maximum atomic E-state index is 12.9. The molecule has 0 saturated heterocycles. The zero-order valence-corrected chi connectivity index (χ0v) is 37.1. The SMILES string of the molecule is CCCCCCCCCCCCCCCCCCCCCCCCCC(=O)N[C@@H](CO)[C@@H](CCCCCCCCCCCCCCC)OCc1ccccc1. The second-order valence-corrected chi connectivity index (χ2v) is 17.3. The van der Waals surface area contributed by atoms with Crippen LogP contribution in [0.4, 0.5) is 0 Å². The van der Waals surface area contributed by atoms with E-state index < -0.39 is 0 Å². The lowest BCUT2D eigenvalue weighted by molar-refractivity contribution is -0.124. The van der Waals surface area contributed by atoms with Crippen molar-refractivity contribution in [2.75, 3.05) is 6.61 Å².